The van der Waals surface area contributed by atoms with Crippen LogP contribution in [0.4, 0.5) is 16.3 Å². The summed E-state index contributed by atoms with van der Waals surface area (Å²) in [5, 5.41) is 16.7. The third-order valence-corrected chi connectivity index (χ3v) is 5.99. The van der Waals surface area contributed by atoms with Crippen LogP contribution in [0, 0.1) is 5.92 Å². The van der Waals surface area contributed by atoms with Crippen molar-refractivity contribution in [1.29, 1.82) is 0 Å². The van der Waals surface area contributed by atoms with E-state index in [0.717, 1.165) is 32.0 Å². The number of carbonyl (C=O) groups is 1. The van der Waals surface area contributed by atoms with Gasteiger partial charge in [-0.3, -0.25) is 5.32 Å². The minimum absolute atomic E-state index is 0.0713. The summed E-state index contributed by atoms with van der Waals surface area (Å²) < 4.78 is 5.37. The van der Waals surface area contributed by atoms with E-state index in [1.165, 1.54) is 5.56 Å². The molecule has 0 aliphatic carbocycles. The van der Waals surface area contributed by atoms with Crippen LogP contribution in [0.5, 0.6) is 0 Å². The first kappa shape index (κ1) is 18.2. The number of anilines is 2. The van der Waals surface area contributed by atoms with E-state index in [9.17, 15) is 9.90 Å². The van der Waals surface area contributed by atoms with E-state index in [1.54, 1.807) is 22.4 Å². The zero-order valence-electron chi connectivity index (χ0n) is 15.1. The first-order chi connectivity index (χ1) is 13.2. The third-order valence-electron chi connectivity index (χ3n) is 5.29. The molecule has 2 aliphatic rings. The van der Waals surface area contributed by atoms with Gasteiger partial charge in [0, 0.05) is 44.6 Å². The predicted molar refractivity (Wildman–Crippen MR) is 105 cm³/mol. The van der Waals surface area contributed by atoms with Gasteiger partial charge in [0.15, 0.2) is 0 Å². The van der Waals surface area contributed by atoms with Crippen LogP contribution in [-0.4, -0.2) is 67.0 Å². The van der Waals surface area contributed by atoms with E-state index in [4.69, 9.17) is 4.74 Å². The van der Waals surface area contributed by atoms with E-state index in [1.807, 2.05) is 17.5 Å². The Morgan fingerprint density at radius 1 is 1.30 bits per heavy atom. The van der Waals surface area contributed by atoms with E-state index in [2.05, 4.69) is 26.6 Å². The number of aliphatic hydroxyl groups excluding tert-OH is 1. The second-order valence-electron chi connectivity index (χ2n) is 6.94. The molecule has 2 amide bonds. The van der Waals surface area contributed by atoms with Crippen LogP contribution in [0.1, 0.15) is 11.5 Å². The quantitative estimate of drug-likeness (QED) is 0.840. The van der Waals surface area contributed by atoms with Gasteiger partial charge in [0.2, 0.25) is 0 Å². The van der Waals surface area contributed by atoms with Gasteiger partial charge in [-0.1, -0.05) is 0 Å². The maximum absolute atomic E-state index is 12.6. The molecule has 4 rings (SSSR count). The number of aliphatic hydroxyl groups is 1. The standard InChI is InChI=1S/C19H24N4O3S/c24-12-15-10-23(11-17(15)14-3-8-27-13-14)19(25)21-18-2-1-16(9-20-18)22-4-6-26-7-5-22/h1-3,8-9,13,15,17,24H,4-7,10-12H2,(H,20,21,25)/t15-,17-/m0/s1. The number of pyridine rings is 1. The number of urea groups is 1. The summed E-state index contributed by atoms with van der Waals surface area (Å²) >= 11 is 1.64. The Morgan fingerprint density at radius 3 is 2.81 bits per heavy atom. The van der Waals surface area contributed by atoms with Gasteiger partial charge in [-0.2, -0.15) is 11.3 Å². The lowest BCUT2D eigenvalue weighted by atomic mass is 9.92. The Kier molecular flexibility index (Phi) is 5.56. The summed E-state index contributed by atoms with van der Waals surface area (Å²) in [5.74, 6) is 0.794. The van der Waals surface area contributed by atoms with E-state index in [-0.39, 0.29) is 24.5 Å². The number of ether oxygens (including phenoxy) is 1. The molecule has 0 bridgehead atoms. The molecule has 8 heteroatoms. The fraction of sp³-hybridized carbons (Fsp3) is 0.474. The van der Waals surface area contributed by atoms with Crippen LogP contribution in [0.2, 0.25) is 0 Å². The minimum atomic E-state index is -0.169. The van der Waals surface area contributed by atoms with Crippen molar-refractivity contribution in [3.63, 3.8) is 0 Å². The fourth-order valence-electron chi connectivity index (χ4n) is 3.74. The normalized spacial score (nSPS) is 22.9. The first-order valence-corrected chi connectivity index (χ1v) is 10.2. The fourth-order valence-corrected chi connectivity index (χ4v) is 4.47. The van der Waals surface area contributed by atoms with Crippen LogP contribution >= 0.6 is 11.3 Å². The van der Waals surface area contributed by atoms with Crippen LogP contribution in [-0.2, 0) is 4.74 Å². The van der Waals surface area contributed by atoms with Gasteiger partial charge >= 0.3 is 6.03 Å². The van der Waals surface area contributed by atoms with E-state index >= 15 is 0 Å². The van der Waals surface area contributed by atoms with E-state index < -0.39 is 0 Å². The largest absolute Gasteiger partial charge is 0.396 e. The summed E-state index contributed by atoms with van der Waals surface area (Å²) in [4.78, 5) is 21.0. The molecule has 144 valence electrons. The summed E-state index contributed by atoms with van der Waals surface area (Å²) in [6.07, 6.45) is 1.79. The maximum atomic E-state index is 12.6. The van der Waals surface area contributed by atoms with Crippen LogP contribution in [0.15, 0.2) is 35.2 Å². The third kappa shape index (κ3) is 4.07. The Balaban J connectivity index is 1.37. The van der Waals surface area contributed by atoms with Gasteiger partial charge in [0.1, 0.15) is 5.82 Å². The molecular formula is C19H24N4O3S. The number of nitrogens with one attached hydrogen (secondary N) is 1. The van der Waals surface area contributed by atoms with Gasteiger partial charge < -0.3 is 19.6 Å². The molecule has 2 aliphatic heterocycles. The van der Waals surface area contributed by atoms with Crippen molar-refractivity contribution in [2.24, 2.45) is 5.92 Å². The monoisotopic (exact) mass is 388 g/mol. The molecule has 2 aromatic heterocycles. The predicted octanol–water partition coefficient (Wildman–Crippen LogP) is 2.22. The number of likely N-dealkylation sites (tertiary alicyclic amines) is 1. The number of amides is 2. The van der Waals surface area contributed by atoms with Gasteiger partial charge in [-0.05, 0) is 34.5 Å². The van der Waals surface area contributed by atoms with Gasteiger partial charge in [0.25, 0.3) is 0 Å². The summed E-state index contributed by atoms with van der Waals surface area (Å²) in [6, 6.07) is 5.71. The first-order valence-electron chi connectivity index (χ1n) is 9.22. The number of rotatable bonds is 4. The highest BCUT2D eigenvalue weighted by atomic mass is 32.1. The molecule has 0 spiro atoms. The number of hydrogen-bond donors (Lipinski definition) is 2. The molecule has 2 aromatic rings. The molecule has 2 fully saturated rings. The second-order valence-corrected chi connectivity index (χ2v) is 7.72. The lowest BCUT2D eigenvalue weighted by Crippen LogP contribution is -2.36. The maximum Gasteiger partial charge on any atom is 0.323 e. The van der Waals surface area contributed by atoms with Crippen molar-refractivity contribution in [3.05, 3.63) is 40.7 Å². The molecule has 27 heavy (non-hydrogen) atoms. The number of hydrogen-bond acceptors (Lipinski definition) is 6. The second kappa shape index (κ2) is 8.24. The molecular weight excluding hydrogens is 364 g/mol. The van der Waals surface area contributed by atoms with Crippen LogP contribution < -0.4 is 10.2 Å². The van der Waals surface area contributed by atoms with Crippen molar-refractivity contribution >= 4 is 28.9 Å². The lowest BCUT2D eigenvalue weighted by Gasteiger charge is -2.28. The molecule has 0 radical (unpaired) electrons. The topological polar surface area (TPSA) is 77.9 Å². The zero-order chi connectivity index (χ0) is 18.6. The van der Waals surface area contributed by atoms with Crippen molar-refractivity contribution in [3.8, 4) is 0 Å². The average Bonchev–Trinajstić information content (AvgIpc) is 3.38. The SMILES string of the molecule is O=C(Nc1ccc(N2CCOCC2)cn1)N1C[C@@H](CO)[C@H](c2ccsc2)C1. The number of aromatic nitrogens is 1. The average molecular weight is 388 g/mol. The molecule has 7 nitrogen and oxygen atoms in total. The van der Waals surface area contributed by atoms with E-state index in [0.29, 0.717) is 18.9 Å². The molecule has 0 aromatic carbocycles. The Hall–Kier alpha value is -2.16. The van der Waals surface area contributed by atoms with Crippen LogP contribution in [0.25, 0.3) is 0 Å². The Morgan fingerprint density at radius 2 is 2.15 bits per heavy atom. The van der Waals surface area contributed by atoms with Crippen molar-refractivity contribution in [2.75, 3.05) is 56.2 Å². The molecule has 0 unspecified atom stereocenters. The summed E-state index contributed by atoms with van der Waals surface area (Å²) in [6.45, 7) is 4.40. The number of thiophene rings is 1. The van der Waals surface area contributed by atoms with Crippen molar-refractivity contribution < 1.29 is 14.6 Å². The number of nitrogens with zero attached hydrogens (tertiary/aromatic N) is 3. The Bertz CT molecular complexity index is 747. The molecule has 0 saturated carbocycles. The summed E-state index contributed by atoms with van der Waals surface area (Å²) in [5.41, 5.74) is 2.23. The highest BCUT2D eigenvalue weighted by Gasteiger charge is 2.36. The molecule has 2 atom stereocenters. The molecule has 4 heterocycles. The minimum Gasteiger partial charge on any atom is -0.396 e. The highest BCUT2D eigenvalue weighted by Crippen LogP contribution is 2.33. The van der Waals surface area contributed by atoms with Gasteiger partial charge in [0.05, 0.1) is 25.1 Å². The zero-order valence-corrected chi connectivity index (χ0v) is 15.9. The van der Waals surface area contributed by atoms with Crippen molar-refractivity contribution in [2.45, 2.75) is 5.92 Å². The summed E-state index contributed by atoms with van der Waals surface area (Å²) in [7, 11) is 0. The smallest absolute Gasteiger partial charge is 0.323 e. The van der Waals surface area contributed by atoms with Gasteiger partial charge in [-0.25, -0.2) is 9.78 Å². The number of carbonyl (C=O) groups excluding carboxylic acids is 1. The molecule has 2 saturated heterocycles. The molecule has 2 N–H and O–H groups in total. The van der Waals surface area contributed by atoms with Crippen LogP contribution in [0.3, 0.4) is 0 Å². The van der Waals surface area contributed by atoms with Gasteiger partial charge in [-0.15, -0.1) is 0 Å². The number of morpholine rings is 1. The lowest BCUT2D eigenvalue weighted by molar-refractivity contribution is 0.122. The Labute approximate surface area is 162 Å². The highest BCUT2D eigenvalue weighted by molar-refractivity contribution is 7.08. The van der Waals surface area contributed by atoms with Crippen molar-refractivity contribution in [1.82, 2.24) is 9.88 Å².